The molecule has 2 aromatic heterocycles. The topological polar surface area (TPSA) is 434 Å². The van der Waals surface area contributed by atoms with E-state index in [1.807, 2.05) is 6.07 Å². The van der Waals surface area contributed by atoms with Gasteiger partial charge in [0, 0.05) is 74.8 Å². The van der Waals surface area contributed by atoms with E-state index in [1.54, 1.807) is 54.7 Å². The number of imidazole rings is 1. The van der Waals surface area contributed by atoms with E-state index in [2.05, 4.69) is 67.8 Å². The maximum Gasteiger partial charge on any atom is 0.326 e. The van der Waals surface area contributed by atoms with Crippen LogP contribution in [0, 0.1) is 0 Å². The fourth-order valence-corrected chi connectivity index (χ4v) is 8.48. The molecule has 3 unspecified atom stereocenters. The number of nitrogens with two attached hydrogens (primary N) is 3. The highest BCUT2D eigenvalue weighted by Crippen LogP contribution is 2.20. The smallest absolute Gasteiger partial charge is 0.326 e. The number of benzene rings is 2. The van der Waals surface area contributed by atoms with Crippen molar-refractivity contribution in [3.8, 4) is 0 Å². The minimum Gasteiger partial charge on any atom is -0.480 e. The number of guanidine groups is 1. The molecule has 1 aliphatic heterocycles. The third-order valence-electron chi connectivity index (χ3n) is 12.4. The summed E-state index contributed by atoms with van der Waals surface area (Å²) in [5.41, 5.74) is 18.4. The molecule has 4 aromatic rings. The van der Waals surface area contributed by atoms with E-state index in [9.17, 15) is 53.1 Å². The predicted octanol–water partition coefficient (Wildman–Crippen LogP) is -2.39. The molecule has 1 fully saturated rings. The summed E-state index contributed by atoms with van der Waals surface area (Å²) in [7, 11) is 0. The molecule has 414 valence electrons. The van der Waals surface area contributed by atoms with Crippen molar-refractivity contribution in [2.75, 3.05) is 19.6 Å². The van der Waals surface area contributed by atoms with Crippen molar-refractivity contribution < 1.29 is 53.1 Å². The molecule has 0 radical (unpaired) electrons. The lowest BCUT2D eigenvalue weighted by atomic mass is 10.0. The monoisotopic (exact) mass is 1070 g/mol. The van der Waals surface area contributed by atoms with Crippen molar-refractivity contribution >= 4 is 76.1 Å². The number of rotatable bonds is 18. The Hall–Kier alpha value is -9.04. The summed E-state index contributed by atoms with van der Waals surface area (Å²) < 4.78 is 0. The zero-order chi connectivity index (χ0) is 55.9. The largest absolute Gasteiger partial charge is 0.480 e. The number of amides is 10. The van der Waals surface area contributed by atoms with Crippen molar-refractivity contribution in [2.45, 2.75) is 120 Å². The molecule has 18 N–H and O–H groups in total. The lowest BCUT2D eigenvalue weighted by Crippen LogP contribution is -2.61. The number of aromatic amines is 2. The highest BCUT2D eigenvalue weighted by Gasteiger charge is 2.35. The lowest BCUT2D eigenvalue weighted by Gasteiger charge is -2.28. The zero-order valence-corrected chi connectivity index (χ0v) is 42.5. The average molecular weight is 1070 g/mol. The fourth-order valence-electron chi connectivity index (χ4n) is 8.48. The minimum absolute atomic E-state index is 0.00771. The number of carbonyl (C=O) groups excluding carboxylic acids is 9. The van der Waals surface area contributed by atoms with Crippen molar-refractivity contribution in [1.29, 1.82) is 0 Å². The summed E-state index contributed by atoms with van der Waals surface area (Å²) in [6.07, 6.45) is 3.55. The highest BCUT2D eigenvalue weighted by atomic mass is 16.4. The molecule has 1 aliphatic rings. The third kappa shape index (κ3) is 19.6. The van der Waals surface area contributed by atoms with Gasteiger partial charge in [-0.2, -0.15) is 0 Å². The second-order valence-electron chi connectivity index (χ2n) is 18.4. The molecule has 5 rings (SSSR count). The Balaban J connectivity index is 1.54. The molecule has 0 saturated carbocycles. The average Bonchev–Trinajstić information content (AvgIpc) is 4.07. The molecular weight excluding hydrogens is 1000 g/mol. The Bertz CT molecular complexity index is 2710. The number of nitrogens with zero attached hydrogens (tertiary/aromatic N) is 2. The van der Waals surface area contributed by atoms with Crippen LogP contribution in [0.5, 0.6) is 0 Å². The molecule has 0 bridgehead atoms. The van der Waals surface area contributed by atoms with Crippen LogP contribution in [-0.2, 0) is 62.4 Å². The van der Waals surface area contributed by atoms with E-state index in [0.717, 1.165) is 10.9 Å². The van der Waals surface area contributed by atoms with Crippen LogP contribution in [-0.4, -0.2) is 147 Å². The summed E-state index contributed by atoms with van der Waals surface area (Å²) in [5, 5.41) is 34.4. The molecule has 1 saturated heterocycles. The number of carbonyl (C=O) groups is 10. The van der Waals surface area contributed by atoms with Crippen LogP contribution in [0.2, 0.25) is 0 Å². The molecule has 0 spiro atoms. The summed E-state index contributed by atoms with van der Waals surface area (Å²) in [5.74, 6) is -8.29. The van der Waals surface area contributed by atoms with Crippen LogP contribution in [0.25, 0.3) is 10.9 Å². The number of aliphatic carboxylic acids is 1. The number of carboxylic acid groups (broad SMARTS) is 1. The number of hydrogen-bond acceptors (Lipinski definition) is 12. The van der Waals surface area contributed by atoms with Crippen LogP contribution in [0.4, 0.5) is 4.79 Å². The fraction of sp³-hybridized carbons (Fsp3) is 0.440. The second-order valence-corrected chi connectivity index (χ2v) is 18.4. The van der Waals surface area contributed by atoms with Crippen LogP contribution in [0.1, 0.15) is 75.1 Å². The Labute approximate surface area is 442 Å². The van der Waals surface area contributed by atoms with Gasteiger partial charge in [0.05, 0.1) is 12.7 Å². The molecular formula is C50H68N16O11. The first-order valence-electron chi connectivity index (χ1n) is 25.1. The predicted molar refractivity (Wildman–Crippen MR) is 279 cm³/mol. The van der Waals surface area contributed by atoms with Gasteiger partial charge in [-0.3, -0.25) is 43.3 Å². The van der Waals surface area contributed by atoms with E-state index in [-0.39, 0.29) is 89.8 Å². The van der Waals surface area contributed by atoms with Crippen LogP contribution >= 0.6 is 0 Å². The molecule has 2 aromatic carbocycles. The first-order valence-corrected chi connectivity index (χ1v) is 25.1. The van der Waals surface area contributed by atoms with Crippen LogP contribution in [0.15, 0.2) is 78.3 Å². The van der Waals surface area contributed by atoms with Gasteiger partial charge >= 0.3 is 12.0 Å². The standard InChI is InChI=1S/C50H68N16O11/c1-28(67)60-34(16-9-19-56-49(51)52)42(69)66-40-24-41(68)55-18-8-7-15-36(48(75)76)62-45(72)38(22-30-25-58-33-14-6-5-13-32(30)33)64-43(70)35(17-10-20-57-50(53)77)61-44(71)37(21-29-11-3-2-4-12-29)63-46(73)39(65-47(40)74)23-31-26-54-27-59-31/h2-6,11-14,25-27,34-40,58H,7-10,15-24H2,1H3,(H,54,59)(H,55,68)(H,60,67)(H,61,71)(H,62,72)(H,63,73)(H,64,70)(H,65,74)(H,66,69)(H,75,76)(H4,51,52,56)(H3,53,57,77)/t34-,35-,36?,37?,38-,39-,40?/m0/s1. The normalized spacial score (nSPS) is 20.8. The van der Waals surface area contributed by atoms with Crippen LogP contribution in [0.3, 0.4) is 0 Å². The lowest BCUT2D eigenvalue weighted by molar-refractivity contribution is -0.142. The highest BCUT2D eigenvalue weighted by molar-refractivity contribution is 5.99. The Morgan fingerprint density at radius 1 is 0.766 bits per heavy atom. The van der Waals surface area contributed by atoms with Gasteiger partial charge in [-0.1, -0.05) is 48.5 Å². The van der Waals surface area contributed by atoms with E-state index in [4.69, 9.17) is 17.2 Å². The second kappa shape index (κ2) is 29.7. The Kier molecular flexibility index (Phi) is 22.7. The third-order valence-corrected chi connectivity index (χ3v) is 12.4. The van der Waals surface area contributed by atoms with Crippen molar-refractivity contribution in [3.63, 3.8) is 0 Å². The van der Waals surface area contributed by atoms with Gasteiger partial charge in [0.15, 0.2) is 5.96 Å². The SMILES string of the molecule is CC(=O)N[C@@H](CCCN=C(N)N)C(=O)NC1CC(=O)NCCCCC(C(=O)O)NC(=O)[C@H](Cc2c[nH]c3ccccc23)NC(=O)[C@H](CCCNC(N)=O)NC(=O)C(Cc2ccccc2)NC(=O)[C@H](Cc2cnc[nH]2)NC1=O. The quantitative estimate of drug-likeness (QED) is 0.0281. The van der Waals surface area contributed by atoms with Gasteiger partial charge in [0.25, 0.3) is 0 Å². The number of para-hydroxylation sites is 1. The molecule has 10 amide bonds. The Morgan fingerprint density at radius 2 is 1.42 bits per heavy atom. The number of nitrogens with one attached hydrogen (secondary N) is 11. The maximum absolute atomic E-state index is 14.7. The van der Waals surface area contributed by atoms with Gasteiger partial charge in [0.2, 0.25) is 47.3 Å². The number of fused-ring (bicyclic) bond motifs is 1. The summed E-state index contributed by atoms with van der Waals surface area (Å²) in [6, 6.07) is 4.69. The van der Waals surface area contributed by atoms with Crippen LogP contribution < -0.4 is 65.1 Å². The minimum atomic E-state index is -1.68. The van der Waals surface area contributed by atoms with E-state index < -0.39 is 108 Å². The molecule has 27 heteroatoms. The van der Waals surface area contributed by atoms with Gasteiger partial charge in [-0.05, 0) is 62.1 Å². The number of hydrogen-bond donors (Lipinski definition) is 15. The summed E-state index contributed by atoms with van der Waals surface area (Å²) in [6.45, 7) is 1.22. The van der Waals surface area contributed by atoms with Gasteiger partial charge in [0.1, 0.15) is 42.3 Å². The Morgan fingerprint density at radius 3 is 2.09 bits per heavy atom. The number of primary amides is 1. The summed E-state index contributed by atoms with van der Waals surface area (Å²) >= 11 is 0. The zero-order valence-electron chi connectivity index (χ0n) is 42.5. The van der Waals surface area contributed by atoms with E-state index in [1.165, 1.54) is 19.4 Å². The number of H-pyrrole nitrogens is 2. The van der Waals surface area contributed by atoms with E-state index in [0.29, 0.717) is 16.8 Å². The van der Waals surface area contributed by atoms with Crippen molar-refractivity contribution in [3.05, 3.63) is 90.1 Å². The number of aliphatic imine (C=N–C) groups is 1. The number of aromatic nitrogens is 3. The maximum atomic E-state index is 14.7. The number of urea groups is 1. The van der Waals surface area contributed by atoms with Gasteiger partial charge < -0.3 is 80.1 Å². The van der Waals surface area contributed by atoms with Gasteiger partial charge in [-0.15, -0.1) is 0 Å². The van der Waals surface area contributed by atoms with Crippen molar-refractivity contribution in [1.82, 2.24) is 62.8 Å². The van der Waals surface area contributed by atoms with E-state index >= 15 is 0 Å². The van der Waals surface area contributed by atoms with Crippen molar-refractivity contribution in [2.24, 2.45) is 22.2 Å². The molecule has 77 heavy (non-hydrogen) atoms. The van der Waals surface area contributed by atoms with Gasteiger partial charge in [-0.25, -0.2) is 14.6 Å². The number of carboxylic acids is 1. The molecule has 3 heterocycles. The first-order chi connectivity index (χ1) is 36.9. The molecule has 7 atom stereocenters. The molecule has 0 aliphatic carbocycles. The summed E-state index contributed by atoms with van der Waals surface area (Å²) in [4.78, 5) is 150. The first kappa shape index (κ1) is 58.8. The molecule has 27 nitrogen and oxygen atoms in total.